The number of amides is 2. The third-order valence-corrected chi connectivity index (χ3v) is 8.00. The fraction of sp³-hybridized carbons (Fsp3) is 0.722. The molecule has 1 spiro atoms. The van der Waals surface area contributed by atoms with Gasteiger partial charge < -0.3 is 14.3 Å². The van der Waals surface area contributed by atoms with Crippen molar-refractivity contribution in [1.29, 1.82) is 0 Å². The van der Waals surface area contributed by atoms with E-state index in [0.29, 0.717) is 37.6 Å². The molecule has 4 rings (SSSR count). The Bertz CT molecular complexity index is 743. The Balaban J connectivity index is 1.43. The number of likely N-dealkylation sites (tertiary alicyclic amines) is 1. The number of aromatic nitrogens is 1. The van der Waals surface area contributed by atoms with Gasteiger partial charge >= 0.3 is 0 Å². The van der Waals surface area contributed by atoms with Crippen LogP contribution >= 0.6 is 0 Å². The van der Waals surface area contributed by atoms with Crippen molar-refractivity contribution in [1.82, 2.24) is 15.0 Å². The van der Waals surface area contributed by atoms with E-state index in [2.05, 4.69) is 5.16 Å². The average molecular weight is 379 g/mol. The van der Waals surface area contributed by atoms with Crippen LogP contribution in [-0.4, -0.2) is 61.2 Å². The summed E-state index contributed by atoms with van der Waals surface area (Å²) < 4.78 is 17.9. The third-order valence-electron chi connectivity index (χ3n) is 6.02. The van der Waals surface area contributed by atoms with Crippen LogP contribution in [0.25, 0.3) is 0 Å². The Labute approximate surface area is 155 Å². The second kappa shape index (κ2) is 6.48. The molecule has 3 fully saturated rings. The number of rotatable bonds is 4. The molecular formula is C18H25N3O4S. The van der Waals surface area contributed by atoms with Crippen molar-refractivity contribution < 1.29 is 18.3 Å². The number of piperidine rings is 1. The highest BCUT2D eigenvalue weighted by molar-refractivity contribution is 7.87. The Morgan fingerprint density at radius 1 is 1.31 bits per heavy atom. The van der Waals surface area contributed by atoms with Gasteiger partial charge in [0.25, 0.3) is 0 Å². The standard InChI is InChI=1S/C18H25N3O4S/c1-12-15(13(2)25-19-12)9-16(22)20-7-5-18(6-8-20)21(10-14-3-4-14)17(23)11-26(18)24/h14H,3-11H2,1-2H3. The summed E-state index contributed by atoms with van der Waals surface area (Å²) in [6.07, 6.45) is 3.81. The van der Waals surface area contributed by atoms with Crippen LogP contribution in [0.3, 0.4) is 0 Å². The second-order valence-corrected chi connectivity index (χ2v) is 9.48. The minimum absolute atomic E-state index is 0.0192. The molecule has 8 heteroatoms. The van der Waals surface area contributed by atoms with E-state index in [-0.39, 0.29) is 24.0 Å². The zero-order valence-electron chi connectivity index (χ0n) is 15.3. The summed E-state index contributed by atoms with van der Waals surface area (Å²) in [6, 6.07) is 0. The molecule has 1 saturated carbocycles. The molecule has 1 unspecified atom stereocenters. The SMILES string of the molecule is Cc1noc(C)c1CC(=O)N1CCC2(CC1)N(CC1CC1)C(=O)CS2=O. The van der Waals surface area contributed by atoms with E-state index in [1.807, 2.05) is 23.6 Å². The van der Waals surface area contributed by atoms with E-state index in [0.717, 1.165) is 30.6 Å². The van der Waals surface area contributed by atoms with Crippen LogP contribution in [-0.2, 0) is 26.8 Å². The molecule has 2 saturated heterocycles. The molecule has 142 valence electrons. The number of hydrogen-bond acceptors (Lipinski definition) is 5. The summed E-state index contributed by atoms with van der Waals surface area (Å²) in [4.78, 5) is 28.2. The predicted molar refractivity (Wildman–Crippen MR) is 95.7 cm³/mol. The lowest BCUT2D eigenvalue weighted by Crippen LogP contribution is -2.56. The van der Waals surface area contributed by atoms with Gasteiger partial charge in [-0.05, 0) is 32.6 Å². The van der Waals surface area contributed by atoms with Gasteiger partial charge in [-0.3, -0.25) is 13.8 Å². The average Bonchev–Trinajstić information content (AvgIpc) is 3.36. The first-order valence-corrected chi connectivity index (χ1v) is 10.6. The van der Waals surface area contributed by atoms with Crippen molar-refractivity contribution in [2.45, 2.75) is 50.8 Å². The molecule has 0 N–H and O–H groups in total. The quantitative estimate of drug-likeness (QED) is 0.784. The maximum atomic E-state index is 12.7. The predicted octanol–water partition coefficient (Wildman–Crippen LogP) is 1.15. The van der Waals surface area contributed by atoms with E-state index in [1.54, 1.807) is 0 Å². The first-order valence-electron chi connectivity index (χ1n) is 9.29. The van der Waals surface area contributed by atoms with E-state index in [1.165, 1.54) is 0 Å². The first kappa shape index (κ1) is 17.7. The molecule has 2 aliphatic heterocycles. The zero-order chi connectivity index (χ0) is 18.5. The summed E-state index contributed by atoms with van der Waals surface area (Å²) >= 11 is 0. The van der Waals surface area contributed by atoms with Crippen LogP contribution < -0.4 is 0 Å². The fourth-order valence-electron chi connectivity index (χ4n) is 4.12. The van der Waals surface area contributed by atoms with Crippen LogP contribution in [0.5, 0.6) is 0 Å². The highest BCUT2D eigenvalue weighted by Crippen LogP contribution is 2.41. The lowest BCUT2D eigenvalue weighted by Gasteiger charge is -2.43. The minimum atomic E-state index is -1.17. The summed E-state index contributed by atoms with van der Waals surface area (Å²) in [5.41, 5.74) is 1.60. The highest BCUT2D eigenvalue weighted by Gasteiger charge is 2.54. The van der Waals surface area contributed by atoms with Gasteiger partial charge in [0.1, 0.15) is 16.4 Å². The summed E-state index contributed by atoms with van der Waals surface area (Å²) in [6.45, 7) is 5.48. The van der Waals surface area contributed by atoms with Crippen molar-refractivity contribution >= 4 is 22.6 Å². The number of aryl methyl sites for hydroxylation is 2. The van der Waals surface area contributed by atoms with Gasteiger partial charge in [0.15, 0.2) is 0 Å². The van der Waals surface area contributed by atoms with E-state index in [9.17, 15) is 13.8 Å². The highest BCUT2D eigenvalue weighted by atomic mass is 32.2. The Morgan fingerprint density at radius 3 is 2.58 bits per heavy atom. The monoisotopic (exact) mass is 379 g/mol. The molecule has 7 nitrogen and oxygen atoms in total. The van der Waals surface area contributed by atoms with Gasteiger partial charge in [-0.2, -0.15) is 0 Å². The Kier molecular flexibility index (Phi) is 4.41. The maximum absolute atomic E-state index is 12.7. The summed E-state index contributed by atoms with van der Waals surface area (Å²) in [5, 5.41) is 3.90. The Morgan fingerprint density at radius 2 is 2.00 bits per heavy atom. The lowest BCUT2D eigenvalue weighted by atomic mass is 10.0. The van der Waals surface area contributed by atoms with Crippen LogP contribution in [0, 0.1) is 19.8 Å². The van der Waals surface area contributed by atoms with Gasteiger partial charge in [0.05, 0.1) is 22.9 Å². The minimum Gasteiger partial charge on any atom is -0.361 e. The Hall–Kier alpha value is -1.70. The largest absolute Gasteiger partial charge is 0.361 e. The summed E-state index contributed by atoms with van der Waals surface area (Å²) in [5.74, 6) is 1.45. The molecule has 3 heterocycles. The van der Waals surface area contributed by atoms with Crippen LogP contribution in [0.4, 0.5) is 0 Å². The van der Waals surface area contributed by atoms with Gasteiger partial charge in [-0.1, -0.05) is 5.16 Å². The molecule has 1 atom stereocenters. The van der Waals surface area contributed by atoms with Gasteiger partial charge in [0.2, 0.25) is 11.8 Å². The molecule has 26 heavy (non-hydrogen) atoms. The van der Waals surface area contributed by atoms with Gasteiger partial charge in [-0.15, -0.1) is 0 Å². The molecule has 0 bridgehead atoms. The molecule has 1 aromatic heterocycles. The molecule has 2 amide bonds. The van der Waals surface area contributed by atoms with E-state index < -0.39 is 15.7 Å². The molecule has 0 radical (unpaired) electrons. The number of carbonyl (C=O) groups excluding carboxylic acids is 2. The van der Waals surface area contributed by atoms with Crippen LogP contribution in [0.15, 0.2) is 4.52 Å². The maximum Gasteiger partial charge on any atom is 0.236 e. The number of hydrogen-bond donors (Lipinski definition) is 0. The first-order chi connectivity index (χ1) is 12.4. The second-order valence-electron chi connectivity index (χ2n) is 7.74. The zero-order valence-corrected chi connectivity index (χ0v) is 16.1. The topological polar surface area (TPSA) is 83.7 Å². The normalized spacial score (nSPS) is 25.3. The van der Waals surface area contributed by atoms with Gasteiger partial charge in [-0.25, -0.2) is 0 Å². The molecule has 3 aliphatic rings. The molecule has 1 aromatic rings. The fourth-order valence-corrected chi connectivity index (χ4v) is 5.83. The van der Waals surface area contributed by atoms with Crippen LogP contribution in [0.1, 0.15) is 42.7 Å². The lowest BCUT2D eigenvalue weighted by molar-refractivity contribution is -0.135. The molecule has 0 aromatic carbocycles. The van der Waals surface area contributed by atoms with E-state index in [4.69, 9.17) is 4.52 Å². The number of carbonyl (C=O) groups is 2. The number of nitrogens with zero attached hydrogens (tertiary/aromatic N) is 3. The van der Waals surface area contributed by atoms with Crippen molar-refractivity contribution in [2.24, 2.45) is 5.92 Å². The third kappa shape index (κ3) is 2.98. The van der Waals surface area contributed by atoms with E-state index >= 15 is 0 Å². The van der Waals surface area contributed by atoms with Crippen molar-refractivity contribution in [3.05, 3.63) is 17.0 Å². The molecule has 1 aliphatic carbocycles. The molecular weight excluding hydrogens is 354 g/mol. The van der Waals surface area contributed by atoms with Gasteiger partial charge in [0, 0.05) is 38.0 Å². The van der Waals surface area contributed by atoms with Crippen molar-refractivity contribution in [2.75, 3.05) is 25.4 Å². The van der Waals surface area contributed by atoms with Crippen molar-refractivity contribution in [3.8, 4) is 0 Å². The van der Waals surface area contributed by atoms with Crippen molar-refractivity contribution in [3.63, 3.8) is 0 Å². The summed E-state index contributed by atoms with van der Waals surface area (Å²) in [7, 11) is -1.17. The van der Waals surface area contributed by atoms with Crippen LogP contribution in [0.2, 0.25) is 0 Å². The smallest absolute Gasteiger partial charge is 0.236 e.